The van der Waals surface area contributed by atoms with Crippen LogP contribution >= 0.6 is 0 Å². The van der Waals surface area contributed by atoms with Crippen LogP contribution in [0.3, 0.4) is 0 Å². The lowest BCUT2D eigenvalue weighted by Gasteiger charge is -2.46. The molecular formula is C38H64F3N3O2. The van der Waals surface area contributed by atoms with E-state index in [1.807, 2.05) is 0 Å². The van der Waals surface area contributed by atoms with Gasteiger partial charge in [0.05, 0.1) is 18.4 Å². The van der Waals surface area contributed by atoms with Crippen molar-refractivity contribution in [2.45, 2.75) is 186 Å². The Morgan fingerprint density at radius 3 is 2.41 bits per heavy atom. The van der Waals surface area contributed by atoms with Crippen molar-refractivity contribution in [3.8, 4) is 0 Å². The molecule has 4 aliphatic carbocycles. The molecule has 2 heterocycles. The van der Waals surface area contributed by atoms with Crippen molar-refractivity contribution < 1.29 is 23.0 Å². The fourth-order valence-electron chi connectivity index (χ4n) is 10.8. The monoisotopic (exact) mass is 651 g/mol. The van der Waals surface area contributed by atoms with Crippen molar-refractivity contribution in [3.63, 3.8) is 0 Å². The number of ether oxygens (including phenoxy) is 1. The Bertz CT molecular complexity index is 1030. The summed E-state index contributed by atoms with van der Waals surface area (Å²) in [4.78, 5) is 2.70. The van der Waals surface area contributed by atoms with Crippen molar-refractivity contribution in [2.24, 2.45) is 35.5 Å². The van der Waals surface area contributed by atoms with E-state index in [0.717, 1.165) is 70.3 Å². The first-order chi connectivity index (χ1) is 21.9. The van der Waals surface area contributed by atoms with Crippen LogP contribution < -0.4 is 10.6 Å². The SMILES string of the molecule is CC1CCC(CC2=C(C(F)(F)F)CC(NC(O)C3CCC(C)C(C4C(C)NC5CCC(OC6CCCC(C)C6)CN54)C3)CC2)CC1. The summed E-state index contributed by atoms with van der Waals surface area (Å²) in [6.07, 6.45) is 12.3. The molecule has 0 spiro atoms. The number of fused-ring (bicyclic) bond motifs is 1. The highest BCUT2D eigenvalue weighted by molar-refractivity contribution is 5.24. The summed E-state index contributed by atoms with van der Waals surface area (Å²) in [7, 11) is 0. The molecule has 11 atom stereocenters. The molecule has 0 aromatic carbocycles. The number of alkyl halides is 3. The van der Waals surface area contributed by atoms with Crippen molar-refractivity contribution in [1.29, 1.82) is 0 Å². The van der Waals surface area contributed by atoms with Gasteiger partial charge >= 0.3 is 6.18 Å². The Hall–Kier alpha value is -0.670. The Kier molecular flexibility index (Phi) is 11.5. The van der Waals surface area contributed by atoms with E-state index in [1.54, 1.807) is 0 Å². The lowest BCUT2D eigenvalue weighted by atomic mass is 9.69. The molecule has 5 fully saturated rings. The number of nitrogens with one attached hydrogen (secondary N) is 2. The zero-order valence-corrected chi connectivity index (χ0v) is 29.2. The predicted molar refractivity (Wildman–Crippen MR) is 178 cm³/mol. The highest BCUT2D eigenvalue weighted by Crippen LogP contribution is 2.45. The summed E-state index contributed by atoms with van der Waals surface area (Å²) in [6.45, 7) is 10.3. The number of hydrogen-bond donors (Lipinski definition) is 3. The Morgan fingerprint density at radius 2 is 1.67 bits per heavy atom. The van der Waals surface area contributed by atoms with E-state index >= 15 is 0 Å². The standard InChI is InChI=1S/C38H64F3N3O2/c1-23-8-11-27(12-9-23)19-28-14-15-30(21-34(28)38(39,40)41)43-37(45)29-13-10-25(3)33(20-29)36-26(4)42-35-17-16-32(22-44(35)36)46-31-7-5-6-24(2)18-31/h23-27,29-33,35-37,42-43,45H,5-22H2,1-4H3. The van der Waals surface area contributed by atoms with Crippen LogP contribution in [0.5, 0.6) is 0 Å². The molecule has 2 aliphatic heterocycles. The first-order valence-electron chi connectivity index (χ1n) is 19.3. The average molecular weight is 652 g/mol. The van der Waals surface area contributed by atoms with E-state index in [-0.39, 0.29) is 30.1 Å². The molecule has 0 aromatic rings. The molecule has 0 aromatic heterocycles. The van der Waals surface area contributed by atoms with Gasteiger partial charge in [0.1, 0.15) is 6.23 Å². The molecule has 2 saturated heterocycles. The van der Waals surface area contributed by atoms with E-state index in [1.165, 1.54) is 25.7 Å². The van der Waals surface area contributed by atoms with Gasteiger partial charge in [-0.25, -0.2) is 0 Å². The topological polar surface area (TPSA) is 56.8 Å². The maximum atomic E-state index is 14.3. The number of rotatable bonds is 8. The average Bonchev–Trinajstić information content (AvgIpc) is 3.33. The van der Waals surface area contributed by atoms with E-state index < -0.39 is 12.4 Å². The van der Waals surface area contributed by atoms with Gasteiger partial charge in [0.2, 0.25) is 0 Å². The Morgan fingerprint density at radius 1 is 0.891 bits per heavy atom. The second-order valence-electron chi connectivity index (χ2n) is 17.1. The van der Waals surface area contributed by atoms with Gasteiger partial charge in [0, 0.05) is 30.2 Å². The smallest absolute Gasteiger partial charge is 0.378 e. The molecule has 6 rings (SSSR count). The molecule has 11 unspecified atom stereocenters. The first kappa shape index (κ1) is 35.2. The van der Waals surface area contributed by atoms with Crippen LogP contribution in [0.15, 0.2) is 11.1 Å². The lowest BCUT2D eigenvalue weighted by molar-refractivity contribution is -0.0981. The van der Waals surface area contributed by atoms with E-state index in [4.69, 9.17) is 4.74 Å². The minimum atomic E-state index is -4.29. The van der Waals surface area contributed by atoms with Gasteiger partial charge in [0.25, 0.3) is 0 Å². The second kappa shape index (κ2) is 15.1. The number of nitrogens with zero attached hydrogens (tertiary/aromatic N) is 1. The summed E-state index contributed by atoms with van der Waals surface area (Å²) >= 11 is 0. The van der Waals surface area contributed by atoms with Crippen LogP contribution in [-0.4, -0.2) is 65.5 Å². The molecule has 3 saturated carbocycles. The summed E-state index contributed by atoms with van der Waals surface area (Å²) in [5.74, 6) is 2.91. The zero-order valence-electron chi connectivity index (χ0n) is 29.2. The summed E-state index contributed by atoms with van der Waals surface area (Å²) < 4.78 is 49.7. The largest absolute Gasteiger partial charge is 0.412 e. The van der Waals surface area contributed by atoms with Crippen molar-refractivity contribution >= 4 is 0 Å². The number of allylic oxidation sites excluding steroid dienone is 1. The minimum absolute atomic E-state index is 0.00817. The second-order valence-corrected chi connectivity index (χ2v) is 17.1. The highest BCUT2D eigenvalue weighted by atomic mass is 19.4. The summed E-state index contributed by atoms with van der Waals surface area (Å²) in [5, 5.41) is 18.7. The number of aliphatic hydroxyl groups excluding tert-OH is 1. The first-order valence-corrected chi connectivity index (χ1v) is 19.3. The van der Waals surface area contributed by atoms with Gasteiger partial charge < -0.3 is 9.84 Å². The van der Waals surface area contributed by atoms with Crippen LogP contribution in [0.4, 0.5) is 13.2 Å². The third kappa shape index (κ3) is 8.37. The molecule has 0 amide bonds. The molecule has 46 heavy (non-hydrogen) atoms. The summed E-state index contributed by atoms with van der Waals surface area (Å²) in [5.41, 5.74) is 0.337. The van der Waals surface area contributed by atoms with E-state index in [0.29, 0.717) is 72.9 Å². The molecule has 5 nitrogen and oxygen atoms in total. The van der Waals surface area contributed by atoms with Crippen LogP contribution in [0.2, 0.25) is 0 Å². The van der Waals surface area contributed by atoms with Gasteiger partial charge in [-0.05, 0) is 126 Å². The van der Waals surface area contributed by atoms with Crippen LogP contribution in [-0.2, 0) is 4.74 Å². The van der Waals surface area contributed by atoms with Gasteiger partial charge in [-0.2, -0.15) is 13.2 Å². The number of hydrogen-bond acceptors (Lipinski definition) is 5. The van der Waals surface area contributed by atoms with Gasteiger partial charge in [0.15, 0.2) is 0 Å². The third-order valence-corrected chi connectivity index (χ3v) is 13.5. The summed E-state index contributed by atoms with van der Waals surface area (Å²) in [6, 6.07) is 0.448. The molecule has 0 radical (unpaired) electrons. The fourth-order valence-corrected chi connectivity index (χ4v) is 10.8. The molecule has 0 bridgehead atoms. The van der Waals surface area contributed by atoms with Crippen molar-refractivity contribution in [1.82, 2.24) is 15.5 Å². The van der Waals surface area contributed by atoms with Crippen molar-refractivity contribution in [3.05, 3.63) is 11.1 Å². The quantitative estimate of drug-likeness (QED) is 0.182. The van der Waals surface area contributed by atoms with Gasteiger partial charge in [-0.1, -0.05) is 52.0 Å². The Labute approximate surface area is 277 Å². The Balaban J connectivity index is 1.06. The fraction of sp³-hybridized carbons (Fsp3) is 0.947. The van der Waals surface area contributed by atoms with Gasteiger partial charge in [-0.15, -0.1) is 0 Å². The molecule has 264 valence electrons. The van der Waals surface area contributed by atoms with E-state index in [9.17, 15) is 18.3 Å². The van der Waals surface area contributed by atoms with Crippen molar-refractivity contribution in [2.75, 3.05) is 6.54 Å². The maximum absolute atomic E-state index is 14.3. The lowest BCUT2D eigenvalue weighted by Crippen LogP contribution is -2.54. The third-order valence-electron chi connectivity index (χ3n) is 13.5. The van der Waals surface area contributed by atoms with Crippen LogP contribution in [0.25, 0.3) is 0 Å². The maximum Gasteiger partial charge on any atom is 0.412 e. The number of halogens is 3. The molecule has 3 N–H and O–H groups in total. The molecule has 8 heteroatoms. The number of piperidine rings is 1. The van der Waals surface area contributed by atoms with Gasteiger partial charge in [-0.3, -0.25) is 15.5 Å². The van der Waals surface area contributed by atoms with Crippen LogP contribution in [0.1, 0.15) is 137 Å². The number of aliphatic hydroxyl groups is 1. The molecular weight excluding hydrogens is 587 g/mol. The zero-order chi connectivity index (χ0) is 32.6. The predicted octanol–water partition coefficient (Wildman–Crippen LogP) is 8.32. The highest BCUT2D eigenvalue weighted by Gasteiger charge is 2.49. The molecule has 6 aliphatic rings. The normalized spacial score (nSPS) is 43.8. The van der Waals surface area contributed by atoms with E-state index in [2.05, 4.69) is 43.2 Å². The van der Waals surface area contributed by atoms with Crippen LogP contribution in [0, 0.1) is 35.5 Å². The minimum Gasteiger partial charge on any atom is -0.378 e.